The van der Waals surface area contributed by atoms with Gasteiger partial charge in [-0.3, -0.25) is 9.55 Å². The Balaban J connectivity index is 1.37. The number of aromatic hydroxyl groups is 1. The second-order valence-electron chi connectivity index (χ2n) is 17.1. The van der Waals surface area contributed by atoms with E-state index in [1.807, 2.05) is 103 Å². The lowest BCUT2D eigenvalue weighted by molar-refractivity contribution is 0.446. The summed E-state index contributed by atoms with van der Waals surface area (Å²) in [7, 11) is 0. The highest BCUT2D eigenvalue weighted by molar-refractivity contribution is 5.98. The Labute approximate surface area is 364 Å². The van der Waals surface area contributed by atoms with Gasteiger partial charge in [0.05, 0.1) is 38.9 Å². The average molecular weight is 788 g/mol. The first kappa shape index (κ1) is 30.1. The summed E-state index contributed by atoms with van der Waals surface area (Å²) in [5.74, 6) is 0.676. The Hall–Kier alpha value is -7.04. The van der Waals surface area contributed by atoms with E-state index >= 15 is 0 Å². The number of hydrogen-bond donors (Lipinski definition) is 1. The molecule has 0 bridgehead atoms. The van der Waals surface area contributed by atoms with Gasteiger partial charge in [0.1, 0.15) is 11.6 Å². The summed E-state index contributed by atoms with van der Waals surface area (Å²) < 4.78 is 71.8. The number of phenolic OH excluding ortho intramolecular Hbond substituents is 1. The second-order valence-corrected chi connectivity index (χ2v) is 17.1. The fraction of sp³-hybridized carbons (Fsp3) is 0.143. The number of phenols is 1. The molecule has 2 heterocycles. The molecule has 2 aromatic heterocycles. The van der Waals surface area contributed by atoms with Crippen molar-refractivity contribution in [3.8, 4) is 78.6 Å². The molecule has 0 saturated carbocycles. The predicted molar refractivity (Wildman–Crippen MR) is 251 cm³/mol. The quantitative estimate of drug-likeness (QED) is 0.175. The fourth-order valence-corrected chi connectivity index (χ4v) is 7.77. The number of rotatable bonds is 7. The molecular formula is C56H49N3O. The highest BCUT2D eigenvalue weighted by Gasteiger charge is 2.29. The third-order valence-electron chi connectivity index (χ3n) is 10.9. The third kappa shape index (κ3) is 7.30. The Bertz CT molecular complexity index is 3440. The molecule has 60 heavy (non-hydrogen) atoms. The lowest BCUT2D eigenvalue weighted by Gasteiger charge is -2.27. The topological polar surface area (TPSA) is 50.9 Å². The summed E-state index contributed by atoms with van der Waals surface area (Å²) in [6, 6.07) is 40.0. The number of nitrogens with zero attached hydrogens (tertiary/aromatic N) is 3. The highest BCUT2D eigenvalue weighted by Crippen LogP contribution is 2.45. The van der Waals surface area contributed by atoms with E-state index < -0.39 is 47.8 Å². The molecule has 4 nitrogen and oxygen atoms in total. The van der Waals surface area contributed by atoms with Gasteiger partial charge in [-0.2, -0.15) is 0 Å². The minimum Gasteiger partial charge on any atom is -0.507 e. The van der Waals surface area contributed by atoms with Crippen LogP contribution in [0.25, 0.3) is 83.9 Å². The van der Waals surface area contributed by atoms with Gasteiger partial charge in [0.15, 0.2) is 0 Å². The SMILES string of the molecule is [2H]c1nc(-c2cc(-c3ccccc3)cc(-c3cccc4c3nc(-c3cc(C(C)(C)C)cc(C(C)(C)C)c3O)n4-c3ccccc3-c3ccccc3)c2)c([2H])c(-c2c([2H])c([2H])c([2H])c([2H])c2[2H])c1[2H]. The van der Waals surface area contributed by atoms with Crippen LogP contribution in [0.4, 0.5) is 0 Å². The molecule has 0 unspecified atom stereocenters. The van der Waals surface area contributed by atoms with Gasteiger partial charge >= 0.3 is 0 Å². The molecule has 0 atom stereocenters. The van der Waals surface area contributed by atoms with Crippen LogP contribution in [0.3, 0.4) is 0 Å². The van der Waals surface area contributed by atoms with Crippen LogP contribution in [0.2, 0.25) is 0 Å². The van der Waals surface area contributed by atoms with E-state index in [1.165, 1.54) is 0 Å². The molecule has 9 aromatic rings. The molecule has 0 aliphatic heterocycles. The Morgan fingerprint density at radius 2 is 1.18 bits per heavy atom. The minimum absolute atomic E-state index is 0.000603. The van der Waals surface area contributed by atoms with Crippen molar-refractivity contribution < 1.29 is 16.1 Å². The number of pyridine rings is 1. The third-order valence-corrected chi connectivity index (χ3v) is 10.9. The second kappa shape index (κ2) is 15.3. The summed E-state index contributed by atoms with van der Waals surface area (Å²) in [6.45, 7) is 12.7. The smallest absolute Gasteiger partial charge is 0.149 e. The number of benzene rings is 7. The van der Waals surface area contributed by atoms with Crippen LogP contribution in [0, 0.1) is 0 Å². The predicted octanol–water partition coefficient (Wildman–Crippen LogP) is 14.7. The van der Waals surface area contributed by atoms with E-state index in [2.05, 4.69) is 81.4 Å². The van der Waals surface area contributed by atoms with Gasteiger partial charge in [0.2, 0.25) is 0 Å². The van der Waals surface area contributed by atoms with E-state index in [9.17, 15) is 6.48 Å². The molecule has 0 radical (unpaired) electrons. The van der Waals surface area contributed by atoms with Gasteiger partial charge < -0.3 is 5.11 Å². The molecule has 7 aromatic carbocycles. The lowest BCUT2D eigenvalue weighted by Crippen LogP contribution is -2.17. The van der Waals surface area contributed by atoms with Crippen molar-refractivity contribution in [2.75, 3.05) is 0 Å². The number of hydrogen-bond acceptors (Lipinski definition) is 3. The number of para-hydroxylation sites is 2. The maximum Gasteiger partial charge on any atom is 0.149 e. The summed E-state index contributed by atoms with van der Waals surface area (Å²) in [5.41, 5.74) is 8.74. The van der Waals surface area contributed by atoms with Crippen molar-refractivity contribution in [3.63, 3.8) is 0 Å². The maximum atomic E-state index is 12.5. The van der Waals surface area contributed by atoms with Crippen LogP contribution < -0.4 is 0 Å². The van der Waals surface area contributed by atoms with Crippen molar-refractivity contribution >= 4 is 11.0 Å². The molecule has 0 fully saturated rings. The van der Waals surface area contributed by atoms with E-state index in [0.29, 0.717) is 28.0 Å². The summed E-state index contributed by atoms with van der Waals surface area (Å²) >= 11 is 0. The first-order valence-electron chi connectivity index (χ1n) is 24.1. The van der Waals surface area contributed by atoms with E-state index in [-0.39, 0.29) is 34.0 Å². The van der Waals surface area contributed by atoms with Crippen LogP contribution in [-0.4, -0.2) is 19.6 Å². The first-order chi connectivity index (χ1) is 32.3. The summed E-state index contributed by atoms with van der Waals surface area (Å²) in [5, 5.41) is 12.5. The number of fused-ring (bicyclic) bond motifs is 1. The molecular weight excluding hydrogens is 731 g/mol. The molecule has 0 aliphatic carbocycles. The van der Waals surface area contributed by atoms with Crippen LogP contribution >= 0.6 is 0 Å². The van der Waals surface area contributed by atoms with Crippen molar-refractivity contribution in [1.82, 2.24) is 14.5 Å². The van der Waals surface area contributed by atoms with Gasteiger partial charge in [-0.05, 0) is 98.3 Å². The van der Waals surface area contributed by atoms with Crippen molar-refractivity contribution in [1.29, 1.82) is 0 Å². The average Bonchev–Trinajstić information content (AvgIpc) is 3.71. The van der Waals surface area contributed by atoms with Gasteiger partial charge in [-0.25, -0.2) is 4.98 Å². The molecule has 0 spiro atoms. The zero-order valence-corrected chi connectivity index (χ0v) is 34.5. The molecule has 294 valence electrons. The lowest BCUT2D eigenvalue weighted by atomic mass is 9.79. The zero-order chi connectivity index (χ0) is 48.6. The monoisotopic (exact) mass is 787 g/mol. The fourth-order valence-electron chi connectivity index (χ4n) is 7.77. The molecule has 0 amide bonds. The van der Waals surface area contributed by atoms with E-state index in [4.69, 9.17) is 14.6 Å². The maximum absolute atomic E-state index is 12.5. The van der Waals surface area contributed by atoms with Crippen LogP contribution in [-0.2, 0) is 10.8 Å². The minimum atomic E-state index is -0.607. The van der Waals surface area contributed by atoms with E-state index in [1.54, 1.807) is 0 Å². The standard InChI is InChI=1S/C56H49N3O/c1-55(2,3)44-35-47(53(60)48(36-44)56(4,5)6)54-58-52-46(26-18-28-51(52)59(54)50-27-17-16-25-45(50)39-23-14-9-15-24-39)42-31-41(38-21-12-8-13-22-38)32-43(33-42)49-34-40(29-30-57-49)37-19-10-7-11-20-37/h7-36,60H,1-6H3/i7D,10D,11D,19D,20D,29D,30D,34D. The van der Waals surface area contributed by atoms with Gasteiger partial charge in [-0.1, -0.05) is 169 Å². The molecule has 4 heteroatoms. The molecule has 9 rings (SSSR count). The number of imidazole rings is 1. The summed E-state index contributed by atoms with van der Waals surface area (Å²) in [4.78, 5) is 10.0. The molecule has 1 N–H and O–H groups in total. The van der Waals surface area contributed by atoms with Crippen LogP contribution in [0.15, 0.2) is 182 Å². The Morgan fingerprint density at radius 1 is 0.533 bits per heavy atom. The van der Waals surface area contributed by atoms with Crippen molar-refractivity contribution in [2.24, 2.45) is 0 Å². The van der Waals surface area contributed by atoms with Gasteiger partial charge in [0.25, 0.3) is 0 Å². The molecule has 0 saturated heterocycles. The molecule has 0 aliphatic rings. The Morgan fingerprint density at radius 3 is 1.90 bits per heavy atom. The van der Waals surface area contributed by atoms with Gasteiger partial charge in [-0.15, -0.1) is 0 Å². The largest absolute Gasteiger partial charge is 0.507 e. The van der Waals surface area contributed by atoms with Gasteiger partial charge in [0, 0.05) is 28.4 Å². The zero-order valence-electron chi connectivity index (χ0n) is 42.5. The van der Waals surface area contributed by atoms with Crippen molar-refractivity contribution in [3.05, 3.63) is 193 Å². The number of aromatic nitrogens is 3. The highest BCUT2D eigenvalue weighted by atomic mass is 16.3. The summed E-state index contributed by atoms with van der Waals surface area (Å²) in [6.07, 6.45) is -0.515. The van der Waals surface area contributed by atoms with Crippen LogP contribution in [0.1, 0.15) is 63.6 Å². The van der Waals surface area contributed by atoms with E-state index in [0.717, 1.165) is 50.1 Å². The Kier molecular flexibility index (Phi) is 7.66. The van der Waals surface area contributed by atoms with Crippen molar-refractivity contribution in [2.45, 2.75) is 52.4 Å². The first-order valence-corrected chi connectivity index (χ1v) is 20.1. The normalized spacial score (nSPS) is 13.8. The van der Waals surface area contributed by atoms with Crippen LogP contribution in [0.5, 0.6) is 5.75 Å².